The standard InChI is InChI=1S/C4H11NO/c1-4(5)3-6-2/h4H,3,5H2,1-2H3/t4-/m1/s1. The van der Waals surface area contributed by atoms with Crippen LogP contribution in [0, 0.1) is 0 Å². The Morgan fingerprint density at radius 2 is 2.33 bits per heavy atom. The lowest BCUT2D eigenvalue weighted by Gasteiger charge is -1.98. The smallest absolute Gasteiger partial charge is 0.0611 e. The molecule has 0 spiro atoms. The SMILES string of the molecule is COC[C@@H](C)N. The second-order valence-corrected chi connectivity index (χ2v) is 1.43. The Morgan fingerprint density at radius 1 is 1.83 bits per heavy atom. The number of hydrogen-bond acceptors (Lipinski definition) is 2. The summed E-state index contributed by atoms with van der Waals surface area (Å²) in [6.45, 7) is 2.56. The van der Waals surface area contributed by atoms with E-state index in [1.165, 1.54) is 0 Å². The van der Waals surface area contributed by atoms with Crippen LogP contribution < -0.4 is 5.73 Å². The van der Waals surface area contributed by atoms with Crippen LogP contribution in [-0.2, 0) is 4.74 Å². The van der Waals surface area contributed by atoms with Gasteiger partial charge in [0, 0.05) is 13.2 Å². The van der Waals surface area contributed by atoms with Crippen molar-refractivity contribution in [3.8, 4) is 0 Å². The van der Waals surface area contributed by atoms with E-state index in [2.05, 4.69) is 4.74 Å². The van der Waals surface area contributed by atoms with Gasteiger partial charge in [-0.15, -0.1) is 0 Å². The molecule has 0 unspecified atom stereocenters. The first-order valence-electron chi connectivity index (χ1n) is 2.02. The second kappa shape index (κ2) is 3.12. The summed E-state index contributed by atoms with van der Waals surface area (Å²) >= 11 is 0. The predicted octanol–water partition coefficient (Wildman–Crippen LogP) is -0.0200. The Bertz CT molecular complexity index is 28.7. The summed E-state index contributed by atoms with van der Waals surface area (Å²) in [5.41, 5.74) is 5.28. The molecule has 0 saturated heterocycles. The average Bonchev–Trinajstić information content (AvgIpc) is 1.35. The highest BCUT2D eigenvalue weighted by Crippen LogP contribution is 1.71. The highest BCUT2D eigenvalue weighted by Gasteiger charge is 1.85. The first kappa shape index (κ1) is 5.92. The lowest BCUT2D eigenvalue weighted by atomic mass is 10.4. The van der Waals surface area contributed by atoms with E-state index in [1.807, 2.05) is 6.92 Å². The topological polar surface area (TPSA) is 35.2 Å². The van der Waals surface area contributed by atoms with Crippen molar-refractivity contribution < 1.29 is 4.74 Å². The van der Waals surface area contributed by atoms with Gasteiger partial charge in [0.15, 0.2) is 0 Å². The van der Waals surface area contributed by atoms with Crippen LogP contribution in [0.2, 0.25) is 0 Å². The van der Waals surface area contributed by atoms with Crippen LogP contribution in [0.25, 0.3) is 0 Å². The number of ether oxygens (including phenoxy) is 1. The highest BCUT2D eigenvalue weighted by atomic mass is 16.5. The summed E-state index contributed by atoms with van der Waals surface area (Å²) in [4.78, 5) is 0. The van der Waals surface area contributed by atoms with Crippen LogP contribution >= 0.6 is 0 Å². The summed E-state index contributed by atoms with van der Waals surface area (Å²) in [7, 11) is 1.64. The Kier molecular flexibility index (Phi) is 3.08. The molecular formula is C4H11NO. The monoisotopic (exact) mass is 89.1 g/mol. The molecule has 0 heterocycles. The Labute approximate surface area is 38.3 Å². The molecule has 38 valence electrons. The summed E-state index contributed by atoms with van der Waals surface area (Å²) < 4.78 is 4.68. The molecule has 2 heteroatoms. The van der Waals surface area contributed by atoms with E-state index in [0.717, 1.165) is 0 Å². The molecule has 0 aliphatic rings. The van der Waals surface area contributed by atoms with E-state index in [1.54, 1.807) is 7.11 Å². The van der Waals surface area contributed by atoms with Crippen molar-refractivity contribution in [1.82, 2.24) is 0 Å². The van der Waals surface area contributed by atoms with E-state index >= 15 is 0 Å². The molecule has 0 aromatic heterocycles. The van der Waals surface area contributed by atoms with E-state index in [-0.39, 0.29) is 6.04 Å². The maximum atomic E-state index is 5.28. The van der Waals surface area contributed by atoms with Gasteiger partial charge < -0.3 is 10.5 Å². The van der Waals surface area contributed by atoms with Crippen LogP contribution in [0.1, 0.15) is 6.92 Å². The summed E-state index contributed by atoms with van der Waals surface area (Å²) in [5, 5.41) is 0. The zero-order valence-corrected chi connectivity index (χ0v) is 4.27. The summed E-state index contributed by atoms with van der Waals surface area (Å²) in [6.07, 6.45) is 0. The second-order valence-electron chi connectivity index (χ2n) is 1.43. The average molecular weight is 89.1 g/mol. The summed E-state index contributed by atoms with van der Waals surface area (Å²) in [5.74, 6) is 0. The Hall–Kier alpha value is -0.0800. The van der Waals surface area contributed by atoms with E-state index in [9.17, 15) is 0 Å². The quantitative estimate of drug-likeness (QED) is 0.516. The van der Waals surface area contributed by atoms with Crippen molar-refractivity contribution >= 4 is 0 Å². The molecule has 0 bridgehead atoms. The van der Waals surface area contributed by atoms with Crippen molar-refractivity contribution in [3.05, 3.63) is 0 Å². The zero-order chi connectivity index (χ0) is 4.99. The van der Waals surface area contributed by atoms with Crippen LogP contribution in [0.15, 0.2) is 0 Å². The minimum absolute atomic E-state index is 0.176. The Morgan fingerprint density at radius 3 is 2.33 bits per heavy atom. The van der Waals surface area contributed by atoms with Gasteiger partial charge in [-0.1, -0.05) is 0 Å². The minimum atomic E-state index is 0.176. The van der Waals surface area contributed by atoms with Gasteiger partial charge in [0.25, 0.3) is 0 Å². The molecule has 2 N–H and O–H groups in total. The molecule has 0 radical (unpaired) electrons. The minimum Gasteiger partial charge on any atom is -0.383 e. The highest BCUT2D eigenvalue weighted by molar-refractivity contribution is 4.45. The van der Waals surface area contributed by atoms with Crippen molar-refractivity contribution in [2.45, 2.75) is 13.0 Å². The predicted molar refractivity (Wildman–Crippen MR) is 25.5 cm³/mol. The van der Waals surface area contributed by atoms with E-state index < -0.39 is 0 Å². The summed E-state index contributed by atoms with van der Waals surface area (Å²) in [6, 6.07) is 0.176. The van der Waals surface area contributed by atoms with Gasteiger partial charge in [-0.3, -0.25) is 0 Å². The molecule has 0 saturated carbocycles. The molecule has 0 fully saturated rings. The largest absolute Gasteiger partial charge is 0.383 e. The van der Waals surface area contributed by atoms with Crippen LogP contribution in [0.3, 0.4) is 0 Å². The molecule has 6 heavy (non-hydrogen) atoms. The van der Waals surface area contributed by atoms with Gasteiger partial charge in [-0.05, 0) is 6.92 Å². The van der Waals surface area contributed by atoms with E-state index in [4.69, 9.17) is 5.73 Å². The van der Waals surface area contributed by atoms with Gasteiger partial charge in [-0.2, -0.15) is 0 Å². The van der Waals surface area contributed by atoms with Gasteiger partial charge in [0.2, 0.25) is 0 Å². The maximum absolute atomic E-state index is 5.28. The molecule has 0 aromatic carbocycles. The molecule has 0 aliphatic carbocycles. The third kappa shape index (κ3) is 3.92. The molecule has 0 rings (SSSR count). The number of nitrogens with two attached hydrogens (primary N) is 1. The maximum Gasteiger partial charge on any atom is 0.0611 e. The Balaban J connectivity index is 2.63. The van der Waals surface area contributed by atoms with E-state index in [0.29, 0.717) is 6.61 Å². The molecular weight excluding hydrogens is 78.0 g/mol. The van der Waals surface area contributed by atoms with Crippen molar-refractivity contribution in [2.24, 2.45) is 5.73 Å². The van der Waals surface area contributed by atoms with Gasteiger partial charge in [-0.25, -0.2) is 0 Å². The fraction of sp³-hybridized carbons (Fsp3) is 1.00. The lowest BCUT2D eigenvalue weighted by molar-refractivity contribution is 0.185. The number of rotatable bonds is 2. The lowest BCUT2D eigenvalue weighted by Crippen LogP contribution is -2.20. The molecule has 0 aliphatic heterocycles. The fourth-order valence-corrected chi connectivity index (χ4v) is 0.263. The molecule has 2 nitrogen and oxygen atoms in total. The fourth-order valence-electron chi connectivity index (χ4n) is 0.263. The third-order valence-corrected chi connectivity index (χ3v) is 0.430. The molecule has 1 atom stereocenters. The van der Waals surface area contributed by atoms with Gasteiger partial charge in [0.1, 0.15) is 0 Å². The zero-order valence-electron chi connectivity index (χ0n) is 4.27. The number of methoxy groups -OCH3 is 1. The first-order valence-corrected chi connectivity index (χ1v) is 2.02. The van der Waals surface area contributed by atoms with Crippen molar-refractivity contribution in [2.75, 3.05) is 13.7 Å². The molecule has 0 aromatic rings. The van der Waals surface area contributed by atoms with Crippen LogP contribution in [0.4, 0.5) is 0 Å². The van der Waals surface area contributed by atoms with Crippen LogP contribution in [0.5, 0.6) is 0 Å². The number of hydrogen-bond donors (Lipinski definition) is 1. The first-order chi connectivity index (χ1) is 2.77. The normalized spacial score (nSPS) is 14.5. The third-order valence-electron chi connectivity index (χ3n) is 0.430. The van der Waals surface area contributed by atoms with Crippen LogP contribution in [-0.4, -0.2) is 19.8 Å². The van der Waals surface area contributed by atoms with Crippen molar-refractivity contribution in [1.29, 1.82) is 0 Å². The molecule has 0 amide bonds. The van der Waals surface area contributed by atoms with Crippen molar-refractivity contribution in [3.63, 3.8) is 0 Å². The van der Waals surface area contributed by atoms with Gasteiger partial charge >= 0.3 is 0 Å². The van der Waals surface area contributed by atoms with Gasteiger partial charge in [0.05, 0.1) is 6.61 Å².